The van der Waals surface area contributed by atoms with Gasteiger partial charge in [0.1, 0.15) is 5.82 Å². The van der Waals surface area contributed by atoms with Crippen LogP contribution in [0.4, 0.5) is 4.39 Å². The number of likely N-dealkylation sites (tertiary alicyclic amines) is 1. The van der Waals surface area contributed by atoms with E-state index in [0.29, 0.717) is 24.9 Å². The molecule has 0 saturated carbocycles. The standard InChI is InChI=1S/C21H20ClFN2O5S/c22-17-12-14(6-7-18(17)23)31(28,29)24-10-8-19(26)25-11-3-9-21(13-25)16-5-2-1-4-15(16)20(27)30-21/h1-2,4-7,12,24H,3,8-11,13H2. The van der Waals surface area contributed by atoms with E-state index < -0.39 is 27.4 Å². The SMILES string of the molecule is O=C1OC2(CCCN(C(=O)CCNS(=O)(=O)c3ccc(F)c(Cl)c3)C2)c2ccccc21. The highest BCUT2D eigenvalue weighted by Gasteiger charge is 2.48. The fraction of sp³-hybridized carbons (Fsp3) is 0.333. The van der Waals surface area contributed by atoms with Crippen LogP contribution < -0.4 is 4.72 Å². The van der Waals surface area contributed by atoms with Gasteiger partial charge in [-0.2, -0.15) is 0 Å². The van der Waals surface area contributed by atoms with Gasteiger partial charge in [0.15, 0.2) is 5.60 Å². The molecule has 0 radical (unpaired) electrons. The Kier molecular flexibility index (Phi) is 5.76. The topological polar surface area (TPSA) is 92.8 Å². The molecule has 2 aromatic carbocycles. The fourth-order valence-corrected chi connectivity index (χ4v) is 5.36. The van der Waals surface area contributed by atoms with Gasteiger partial charge in [-0.15, -0.1) is 0 Å². The third-order valence-electron chi connectivity index (χ3n) is 5.57. The summed E-state index contributed by atoms with van der Waals surface area (Å²) in [6.07, 6.45) is 1.21. The number of hydrogen-bond acceptors (Lipinski definition) is 5. The Morgan fingerprint density at radius 2 is 2.03 bits per heavy atom. The molecule has 0 bridgehead atoms. The number of fused-ring (bicyclic) bond motifs is 2. The van der Waals surface area contributed by atoms with E-state index in [-0.39, 0.29) is 35.3 Å². The molecule has 4 rings (SSSR count). The predicted molar refractivity (Wildman–Crippen MR) is 111 cm³/mol. The molecule has 1 amide bonds. The number of esters is 1. The molecule has 10 heteroatoms. The molecule has 1 unspecified atom stereocenters. The zero-order chi connectivity index (χ0) is 22.2. The Balaban J connectivity index is 1.39. The second-order valence-corrected chi connectivity index (χ2v) is 9.75. The van der Waals surface area contributed by atoms with E-state index in [2.05, 4.69) is 4.72 Å². The monoisotopic (exact) mass is 466 g/mol. The number of nitrogens with zero attached hydrogens (tertiary/aromatic N) is 1. The average molecular weight is 467 g/mol. The molecule has 2 aliphatic heterocycles. The minimum atomic E-state index is -3.94. The van der Waals surface area contributed by atoms with Crippen molar-refractivity contribution >= 4 is 33.5 Å². The molecular weight excluding hydrogens is 447 g/mol. The van der Waals surface area contributed by atoms with Crippen molar-refractivity contribution in [2.75, 3.05) is 19.6 Å². The van der Waals surface area contributed by atoms with Gasteiger partial charge >= 0.3 is 5.97 Å². The summed E-state index contributed by atoms with van der Waals surface area (Å²) in [5.74, 6) is -1.36. The van der Waals surface area contributed by atoms with Crippen LogP contribution in [-0.2, 0) is 25.2 Å². The van der Waals surface area contributed by atoms with E-state index >= 15 is 0 Å². The first kappa shape index (κ1) is 21.7. The number of carbonyl (C=O) groups excluding carboxylic acids is 2. The van der Waals surface area contributed by atoms with Gasteiger partial charge in [-0.25, -0.2) is 22.3 Å². The van der Waals surface area contributed by atoms with Crippen LogP contribution >= 0.6 is 11.6 Å². The van der Waals surface area contributed by atoms with Crippen LogP contribution in [0.1, 0.15) is 35.2 Å². The van der Waals surface area contributed by atoms with Crippen molar-refractivity contribution < 1.29 is 27.1 Å². The lowest BCUT2D eigenvalue weighted by Gasteiger charge is -2.39. The predicted octanol–water partition coefficient (Wildman–Crippen LogP) is 2.84. The van der Waals surface area contributed by atoms with Crippen molar-refractivity contribution in [1.82, 2.24) is 9.62 Å². The van der Waals surface area contributed by atoms with Gasteiger partial charge in [0.2, 0.25) is 15.9 Å². The quantitative estimate of drug-likeness (QED) is 0.684. The number of benzene rings is 2. The highest BCUT2D eigenvalue weighted by molar-refractivity contribution is 7.89. The van der Waals surface area contributed by atoms with Crippen LogP contribution in [0.15, 0.2) is 47.4 Å². The second-order valence-electron chi connectivity index (χ2n) is 7.57. The Hall–Kier alpha value is -2.49. The fourth-order valence-electron chi connectivity index (χ4n) is 4.06. The third-order valence-corrected chi connectivity index (χ3v) is 7.31. The van der Waals surface area contributed by atoms with Gasteiger partial charge in [0, 0.05) is 25.1 Å². The minimum Gasteiger partial charge on any atom is -0.449 e. The number of sulfonamides is 1. The van der Waals surface area contributed by atoms with E-state index in [0.717, 1.165) is 23.8 Å². The van der Waals surface area contributed by atoms with E-state index in [4.69, 9.17) is 16.3 Å². The molecule has 164 valence electrons. The molecule has 2 heterocycles. The summed E-state index contributed by atoms with van der Waals surface area (Å²) in [7, 11) is -3.94. The first-order valence-electron chi connectivity index (χ1n) is 9.77. The normalized spacial score (nSPS) is 20.6. The summed E-state index contributed by atoms with van der Waals surface area (Å²) in [5, 5.41) is -0.302. The summed E-state index contributed by atoms with van der Waals surface area (Å²) in [6.45, 7) is 0.603. The molecule has 1 N–H and O–H groups in total. The average Bonchev–Trinajstić information content (AvgIpc) is 3.01. The van der Waals surface area contributed by atoms with E-state index in [9.17, 15) is 22.4 Å². The number of rotatable bonds is 5. The largest absolute Gasteiger partial charge is 0.449 e. The molecule has 1 spiro atoms. The van der Waals surface area contributed by atoms with Gasteiger partial charge in [0.25, 0.3) is 0 Å². The summed E-state index contributed by atoms with van der Waals surface area (Å²) >= 11 is 5.65. The smallest absolute Gasteiger partial charge is 0.339 e. The van der Waals surface area contributed by atoms with Gasteiger partial charge in [-0.05, 0) is 37.1 Å². The molecule has 1 fully saturated rings. The maximum absolute atomic E-state index is 13.3. The van der Waals surface area contributed by atoms with Crippen molar-refractivity contribution in [3.05, 3.63) is 64.4 Å². The van der Waals surface area contributed by atoms with E-state index in [1.807, 2.05) is 12.1 Å². The second kappa shape index (κ2) is 8.22. The van der Waals surface area contributed by atoms with Crippen LogP contribution in [0.5, 0.6) is 0 Å². The van der Waals surface area contributed by atoms with Crippen LogP contribution in [0.3, 0.4) is 0 Å². The number of amides is 1. The number of hydrogen-bond donors (Lipinski definition) is 1. The summed E-state index contributed by atoms with van der Waals surface area (Å²) in [4.78, 5) is 26.4. The van der Waals surface area contributed by atoms with Gasteiger partial charge in [-0.1, -0.05) is 29.8 Å². The van der Waals surface area contributed by atoms with Gasteiger partial charge in [-0.3, -0.25) is 4.79 Å². The zero-order valence-electron chi connectivity index (χ0n) is 16.4. The van der Waals surface area contributed by atoms with Crippen molar-refractivity contribution in [3.8, 4) is 0 Å². The number of piperidine rings is 1. The van der Waals surface area contributed by atoms with Crippen molar-refractivity contribution in [2.24, 2.45) is 0 Å². The molecule has 0 aromatic heterocycles. The molecule has 1 saturated heterocycles. The van der Waals surface area contributed by atoms with Crippen LogP contribution in [0.2, 0.25) is 5.02 Å². The van der Waals surface area contributed by atoms with Crippen molar-refractivity contribution in [3.63, 3.8) is 0 Å². The van der Waals surface area contributed by atoms with Crippen molar-refractivity contribution in [1.29, 1.82) is 0 Å². The molecule has 7 nitrogen and oxygen atoms in total. The van der Waals surface area contributed by atoms with Gasteiger partial charge < -0.3 is 9.64 Å². The molecule has 0 aliphatic carbocycles. The van der Waals surface area contributed by atoms with Crippen LogP contribution in [0, 0.1) is 5.82 Å². The Morgan fingerprint density at radius 1 is 1.26 bits per heavy atom. The van der Waals surface area contributed by atoms with Crippen molar-refractivity contribution in [2.45, 2.75) is 29.8 Å². The highest BCUT2D eigenvalue weighted by Crippen LogP contribution is 2.42. The minimum absolute atomic E-state index is 0.0696. The zero-order valence-corrected chi connectivity index (χ0v) is 18.0. The number of nitrogens with one attached hydrogen (secondary N) is 1. The Morgan fingerprint density at radius 3 is 2.81 bits per heavy atom. The number of ether oxygens (including phenoxy) is 1. The van der Waals surface area contributed by atoms with Crippen LogP contribution in [0.25, 0.3) is 0 Å². The molecule has 2 aromatic rings. The first-order valence-corrected chi connectivity index (χ1v) is 11.6. The van der Waals surface area contributed by atoms with E-state index in [1.165, 1.54) is 0 Å². The lowest BCUT2D eigenvalue weighted by molar-refractivity contribution is -0.138. The van der Waals surface area contributed by atoms with Gasteiger partial charge in [0.05, 0.1) is 22.0 Å². The molecule has 31 heavy (non-hydrogen) atoms. The maximum atomic E-state index is 13.3. The molecule has 2 aliphatic rings. The van der Waals surface area contributed by atoms with E-state index in [1.54, 1.807) is 17.0 Å². The Bertz CT molecular complexity index is 1160. The summed E-state index contributed by atoms with van der Waals surface area (Å²) in [5.41, 5.74) is 0.445. The summed E-state index contributed by atoms with van der Waals surface area (Å²) in [6, 6.07) is 10.2. The molecular formula is C21H20ClFN2O5S. The highest BCUT2D eigenvalue weighted by atomic mass is 35.5. The Labute approximate surface area is 184 Å². The summed E-state index contributed by atoms with van der Waals surface area (Å²) < 4.78 is 46.0. The number of carbonyl (C=O) groups is 2. The lowest BCUT2D eigenvalue weighted by atomic mass is 9.85. The lowest BCUT2D eigenvalue weighted by Crippen LogP contribution is -2.49. The van der Waals surface area contributed by atoms with Crippen LogP contribution in [-0.4, -0.2) is 44.8 Å². The first-order chi connectivity index (χ1) is 14.7. The maximum Gasteiger partial charge on any atom is 0.339 e. The number of halogens is 2. The molecule has 1 atom stereocenters. The third kappa shape index (κ3) is 4.17.